The van der Waals surface area contributed by atoms with Gasteiger partial charge in [-0.15, -0.1) is 0 Å². The van der Waals surface area contributed by atoms with E-state index in [-0.39, 0.29) is 18.0 Å². The second kappa shape index (κ2) is 6.13. The van der Waals surface area contributed by atoms with Gasteiger partial charge in [0.2, 0.25) is 5.91 Å². The Hall–Kier alpha value is -1.81. The van der Waals surface area contributed by atoms with Gasteiger partial charge in [0.1, 0.15) is 0 Å². The zero-order chi connectivity index (χ0) is 15.7. The fraction of sp³-hybridized carbons (Fsp3) is 0.500. The summed E-state index contributed by atoms with van der Waals surface area (Å²) in [5.74, 6) is 0.678. The summed E-state index contributed by atoms with van der Waals surface area (Å²) in [6, 6.07) is 8.45. The second-order valence-corrected chi connectivity index (χ2v) is 6.56. The number of rotatable bonds is 4. The van der Waals surface area contributed by atoms with Crippen molar-refractivity contribution in [3.63, 3.8) is 0 Å². The standard InChI is InChI=1S/C18H25N3O/c1-4-19-18(22)16-10-13-12-7-5-6-8-14(12)21-17(13)15(20-16)9-11(2)3/h5-8,11,15-16,20-21H,4,9-10H2,1-3H3,(H,19,22)/t15?,16-/m0/s1. The molecule has 1 aromatic heterocycles. The number of hydrogen-bond acceptors (Lipinski definition) is 2. The van der Waals surface area contributed by atoms with Crippen molar-refractivity contribution >= 4 is 16.8 Å². The van der Waals surface area contributed by atoms with E-state index >= 15 is 0 Å². The maximum absolute atomic E-state index is 12.3. The quantitative estimate of drug-likeness (QED) is 0.813. The third kappa shape index (κ3) is 2.75. The van der Waals surface area contributed by atoms with Gasteiger partial charge in [-0.2, -0.15) is 0 Å². The van der Waals surface area contributed by atoms with Crippen LogP contribution in [0.5, 0.6) is 0 Å². The molecule has 1 aliphatic heterocycles. The van der Waals surface area contributed by atoms with Crippen molar-refractivity contribution in [3.8, 4) is 0 Å². The molecule has 0 fully saturated rings. The third-order valence-electron chi connectivity index (χ3n) is 4.38. The van der Waals surface area contributed by atoms with E-state index in [1.807, 2.05) is 6.92 Å². The normalized spacial score (nSPS) is 21.1. The minimum absolute atomic E-state index is 0.104. The number of nitrogens with one attached hydrogen (secondary N) is 3. The number of H-pyrrole nitrogens is 1. The Morgan fingerprint density at radius 2 is 2.14 bits per heavy atom. The van der Waals surface area contributed by atoms with E-state index in [4.69, 9.17) is 0 Å². The number of aromatic amines is 1. The average molecular weight is 299 g/mol. The lowest BCUT2D eigenvalue weighted by Gasteiger charge is -2.31. The Morgan fingerprint density at radius 3 is 2.86 bits per heavy atom. The van der Waals surface area contributed by atoms with Gasteiger partial charge in [-0.1, -0.05) is 32.0 Å². The number of benzene rings is 1. The van der Waals surface area contributed by atoms with Crippen LogP contribution in [0, 0.1) is 5.92 Å². The molecule has 1 aliphatic rings. The number of para-hydroxylation sites is 1. The molecule has 0 saturated heterocycles. The minimum atomic E-state index is -0.143. The van der Waals surface area contributed by atoms with Gasteiger partial charge >= 0.3 is 0 Å². The van der Waals surface area contributed by atoms with Crippen molar-refractivity contribution in [2.75, 3.05) is 6.54 Å². The number of likely N-dealkylation sites (N-methyl/N-ethyl adjacent to an activating group) is 1. The van der Waals surface area contributed by atoms with Crippen LogP contribution < -0.4 is 10.6 Å². The van der Waals surface area contributed by atoms with Crippen molar-refractivity contribution in [1.82, 2.24) is 15.6 Å². The van der Waals surface area contributed by atoms with E-state index in [0.29, 0.717) is 12.5 Å². The van der Waals surface area contributed by atoms with E-state index < -0.39 is 0 Å². The SMILES string of the molecule is CCNC(=O)[C@@H]1Cc2c([nH]c3ccccc23)C(CC(C)C)N1. The molecule has 0 radical (unpaired) electrons. The van der Waals surface area contributed by atoms with Gasteiger partial charge in [-0.25, -0.2) is 0 Å². The Kier molecular flexibility index (Phi) is 4.21. The molecule has 1 aromatic carbocycles. The van der Waals surface area contributed by atoms with Crippen LogP contribution in [-0.2, 0) is 11.2 Å². The molecule has 1 unspecified atom stereocenters. The number of amides is 1. The molecule has 4 heteroatoms. The number of hydrogen-bond donors (Lipinski definition) is 3. The average Bonchev–Trinajstić information content (AvgIpc) is 2.86. The van der Waals surface area contributed by atoms with Crippen LogP contribution in [0.15, 0.2) is 24.3 Å². The first kappa shape index (κ1) is 15.1. The summed E-state index contributed by atoms with van der Waals surface area (Å²) in [4.78, 5) is 15.9. The molecule has 2 heterocycles. The van der Waals surface area contributed by atoms with Crippen LogP contribution in [-0.4, -0.2) is 23.5 Å². The lowest BCUT2D eigenvalue weighted by Crippen LogP contribution is -2.49. The van der Waals surface area contributed by atoms with E-state index in [1.165, 1.54) is 22.2 Å². The van der Waals surface area contributed by atoms with Crippen LogP contribution in [0.4, 0.5) is 0 Å². The number of aromatic nitrogens is 1. The summed E-state index contributed by atoms with van der Waals surface area (Å²) in [6.45, 7) is 7.08. The summed E-state index contributed by atoms with van der Waals surface area (Å²) in [5.41, 5.74) is 3.73. The summed E-state index contributed by atoms with van der Waals surface area (Å²) in [6.07, 6.45) is 1.77. The molecule has 0 saturated carbocycles. The zero-order valence-corrected chi connectivity index (χ0v) is 13.6. The van der Waals surface area contributed by atoms with E-state index in [2.05, 4.69) is 53.7 Å². The van der Waals surface area contributed by atoms with Crippen LogP contribution in [0.25, 0.3) is 10.9 Å². The Labute approximate surface area is 131 Å². The van der Waals surface area contributed by atoms with Gasteiger partial charge in [-0.3, -0.25) is 10.1 Å². The summed E-state index contributed by atoms with van der Waals surface area (Å²) in [5, 5.41) is 7.74. The Balaban J connectivity index is 2.00. The molecule has 2 aromatic rings. The predicted molar refractivity (Wildman–Crippen MR) is 89.8 cm³/mol. The maximum Gasteiger partial charge on any atom is 0.237 e. The van der Waals surface area contributed by atoms with E-state index in [1.54, 1.807) is 0 Å². The van der Waals surface area contributed by atoms with Crippen molar-refractivity contribution < 1.29 is 4.79 Å². The molecular weight excluding hydrogens is 274 g/mol. The summed E-state index contributed by atoms with van der Waals surface area (Å²) in [7, 11) is 0. The van der Waals surface area contributed by atoms with Gasteiger partial charge in [0.25, 0.3) is 0 Å². The molecule has 3 rings (SSSR count). The number of fused-ring (bicyclic) bond motifs is 3. The first-order valence-electron chi connectivity index (χ1n) is 8.23. The number of carbonyl (C=O) groups excluding carboxylic acids is 1. The lowest BCUT2D eigenvalue weighted by atomic mass is 9.89. The third-order valence-corrected chi connectivity index (χ3v) is 4.38. The smallest absolute Gasteiger partial charge is 0.237 e. The first-order valence-corrected chi connectivity index (χ1v) is 8.23. The van der Waals surface area contributed by atoms with Crippen molar-refractivity contribution in [2.45, 2.75) is 45.7 Å². The van der Waals surface area contributed by atoms with Gasteiger partial charge in [0.15, 0.2) is 0 Å². The summed E-state index contributed by atoms with van der Waals surface area (Å²) >= 11 is 0. The van der Waals surface area contributed by atoms with Crippen LogP contribution >= 0.6 is 0 Å². The molecular formula is C18H25N3O. The molecule has 0 spiro atoms. The van der Waals surface area contributed by atoms with Crippen molar-refractivity contribution in [2.24, 2.45) is 5.92 Å². The molecule has 3 N–H and O–H groups in total. The summed E-state index contributed by atoms with van der Waals surface area (Å²) < 4.78 is 0. The topological polar surface area (TPSA) is 56.9 Å². The molecule has 118 valence electrons. The Bertz CT molecular complexity index is 674. The van der Waals surface area contributed by atoms with E-state index in [9.17, 15) is 4.79 Å². The van der Waals surface area contributed by atoms with Crippen molar-refractivity contribution in [1.29, 1.82) is 0 Å². The van der Waals surface area contributed by atoms with E-state index in [0.717, 1.165) is 12.8 Å². The van der Waals surface area contributed by atoms with Crippen molar-refractivity contribution in [3.05, 3.63) is 35.5 Å². The monoisotopic (exact) mass is 299 g/mol. The van der Waals surface area contributed by atoms with Crippen LogP contribution in [0.2, 0.25) is 0 Å². The maximum atomic E-state index is 12.3. The molecule has 22 heavy (non-hydrogen) atoms. The molecule has 0 bridgehead atoms. The fourth-order valence-corrected chi connectivity index (χ4v) is 3.45. The highest BCUT2D eigenvalue weighted by atomic mass is 16.2. The molecule has 2 atom stereocenters. The molecule has 0 aliphatic carbocycles. The number of carbonyl (C=O) groups is 1. The van der Waals surface area contributed by atoms with Gasteiger partial charge < -0.3 is 10.3 Å². The first-order chi connectivity index (χ1) is 10.6. The fourth-order valence-electron chi connectivity index (χ4n) is 3.45. The van der Waals surface area contributed by atoms with Gasteiger partial charge in [0, 0.05) is 29.2 Å². The highest BCUT2D eigenvalue weighted by Gasteiger charge is 2.32. The molecule has 4 nitrogen and oxygen atoms in total. The van der Waals surface area contributed by atoms with Gasteiger partial charge in [0.05, 0.1) is 6.04 Å². The highest BCUT2D eigenvalue weighted by molar-refractivity contribution is 5.88. The molecule has 1 amide bonds. The largest absolute Gasteiger partial charge is 0.357 e. The second-order valence-electron chi connectivity index (χ2n) is 6.56. The Morgan fingerprint density at radius 1 is 1.36 bits per heavy atom. The van der Waals surface area contributed by atoms with Crippen LogP contribution in [0.1, 0.15) is 44.5 Å². The minimum Gasteiger partial charge on any atom is -0.357 e. The van der Waals surface area contributed by atoms with Crippen LogP contribution in [0.3, 0.4) is 0 Å². The lowest BCUT2D eigenvalue weighted by molar-refractivity contribution is -0.123. The highest BCUT2D eigenvalue weighted by Crippen LogP contribution is 2.34. The zero-order valence-electron chi connectivity index (χ0n) is 13.6. The van der Waals surface area contributed by atoms with Gasteiger partial charge in [-0.05, 0) is 37.3 Å². The predicted octanol–water partition coefficient (Wildman–Crippen LogP) is 2.91.